The van der Waals surface area contributed by atoms with E-state index in [4.69, 9.17) is 5.73 Å². The van der Waals surface area contributed by atoms with Gasteiger partial charge in [-0.1, -0.05) is 0 Å². The number of aryl methyl sites for hydroxylation is 2. The van der Waals surface area contributed by atoms with Gasteiger partial charge >= 0.3 is 0 Å². The zero-order valence-electron chi connectivity index (χ0n) is 11.8. The Labute approximate surface area is 127 Å². The second-order valence-electron chi connectivity index (χ2n) is 5.27. The second kappa shape index (κ2) is 5.37. The van der Waals surface area contributed by atoms with Crippen LogP contribution in [0.1, 0.15) is 37.0 Å². The lowest BCUT2D eigenvalue weighted by Crippen LogP contribution is -2.30. The van der Waals surface area contributed by atoms with E-state index in [2.05, 4.69) is 0 Å². The van der Waals surface area contributed by atoms with Crippen LogP contribution in [0.5, 0.6) is 0 Å². The lowest BCUT2D eigenvalue weighted by atomic mass is 10.2. The summed E-state index contributed by atoms with van der Waals surface area (Å²) in [5.74, 6) is -0.370. The number of fused-ring (bicyclic) bond motifs is 1. The van der Waals surface area contributed by atoms with Crippen molar-refractivity contribution in [3.05, 3.63) is 45.4 Å². The van der Waals surface area contributed by atoms with Crippen molar-refractivity contribution < 1.29 is 9.59 Å². The minimum Gasteiger partial charge on any atom is -0.366 e. The number of aromatic nitrogens is 1. The Morgan fingerprint density at radius 1 is 1.29 bits per heavy atom. The van der Waals surface area contributed by atoms with Crippen LogP contribution in [-0.4, -0.2) is 27.8 Å². The van der Waals surface area contributed by atoms with Crippen LogP contribution in [0.15, 0.2) is 24.4 Å². The summed E-state index contributed by atoms with van der Waals surface area (Å²) in [4.78, 5) is 27.6. The van der Waals surface area contributed by atoms with E-state index < -0.39 is 5.91 Å². The molecule has 0 radical (unpaired) electrons. The molecule has 2 aromatic heterocycles. The first kappa shape index (κ1) is 13.9. The zero-order valence-corrected chi connectivity index (χ0v) is 12.7. The number of carbonyl (C=O) groups is 2. The van der Waals surface area contributed by atoms with E-state index in [9.17, 15) is 9.59 Å². The van der Waals surface area contributed by atoms with E-state index in [1.807, 2.05) is 28.5 Å². The van der Waals surface area contributed by atoms with E-state index in [-0.39, 0.29) is 5.91 Å². The van der Waals surface area contributed by atoms with E-state index in [0.717, 1.165) is 35.0 Å². The van der Waals surface area contributed by atoms with Crippen LogP contribution < -0.4 is 5.73 Å². The van der Waals surface area contributed by atoms with Gasteiger partial charge in [0, 0.05) is 29.9 Å². The van der Waals surface area contributed by atoms with Crippen LogP contribution in [0.25, 0.3) is 0 Å². The number of nitrogens with two attached hydrogens (primary N) is 1. The molecule has 0 fully saturated rings. The summed E-state index contributed by atoms with van der Waals surface area (Å²) in [5.41, 5.74) is 6.79. The molecule has 0 aliphatic carbocycles. The average Bonchev–Trinajstić information content (AvgIpc) is 2.99. The molecular formula is C15H17N3O2S. The lowest BCUT2D eigenvalue weighted by Gasteiger charge is -2.19. The SMILES string of the molecule is Cc1ccc(C(=O)N2CCCn3cc(C(N)=O)cc3C2)s1. The van der Waals surface area contributed by atoms with Gasteiger partial charge in [-0.25, -0.2) is 0 Å². The fraction of sp³-hybridized carbons (Fsp3) is 0.333. The van der Waals surface area contributed by atoms with Crippen molar-refractivity contribution >= 4 is 23.2 Å². The number of rotatable bonds is 2. The fourth-order valence-corrected chi connectivity index (χ4v) is 3.45. The predicted octanol–water partition coefficient (Wildman–Crippen LogP) is 2.00. The Morgan fingerprint density at radius 2 is 2.10 bits per heavy atom. The summed E-state index contributed by atoms with van der Waals surface area (Å²) in [6, 6.07) is 5.62. The number of amides is 2. The highest BCUT2D eigenvalue weighted by Crippen LogP contribution is 2.21. The monoisotopic (exact) mass is 303 g/mol. The van der Waals surface area contributed by atoms with E-state index >= 15 is 0 Å². The Bertz CT molecular complexity index is 702. The van der Waals surface area contributed by atoms with E-state index in [0.29, 0.717) is 12.1 Å². The number of thiophene rings is 1. The van der Waals surface area contributed by atoms with Gasteiger partial charge in [0.1, 0.15) is 0 Å². The van der Waals surface area contributed by atoms with Crippen LogP contribution in [0.2, 0.25) is 0 Å². The highest BCUT2D eigenvalue weighted by atomic mass is 32.1. The van der Waals surface area contributed by atoms with Crippen LogP contribution in [-0.2, 0) is 13.1 Å². The maximum absolute atomic E-state index is 12.6. The molecule has 21 heavy (non-hydrogen) atoms. The molecular weight excluding hydrogens is 286 g/mol. The number of primary amides is 1. The molecule has 0 unspecified atom stereocenters. The molecule has 2 N–H and O–H groups in total. The largest absolute Gasteiger partial charge is 0.366 e. The molecule has 1 aliphatic rings. The predicted molar refractivity (Wildman–Crippen MR) is 81.4 cm³/mol. The molecule has 0 bridgehead atoms. The van der Waals surface area contributed by atoms with Crippen molar-refractivity contribution in [2.45, 2.75) is 26.4 Å². The van der Waals surface area contributed by atoms with E-state index in [1.165, 1.54) is 11.3 Å². The fourth-order valence-electron chi connectivity index (χ4n) is 2.62. The highest BCUT2D eigenvalue weighted by molar-refractivity contribution is 7.13. The molecule has 2 amide bonds. The zero-order chi connectivity index (χ0) is 15.0. The third kappa shape index (κ3) is 2.71. The van der Waals surface area contributed by atoms with Crippen molar-refractivity contribution in [1.82, 2.24) is 9.47 Å². The topological polar surface area (TPSA) is 68.3 Å². The standard InChI is InChI=1S/C15H17N3O2S/c1-10-3-4-13(21-10)15(20)18-6-2-5-17-8-11(14(16)19)7-12(17)9-18/h3-4,7-8H,2,5-6,9H2,1H3,(H2,16,19). The van der Waals surface area contributed by atoms with Crippen molar-refractivity contribution in [1.29, 1.82) is 0 Å². The summed E-state index contributed by atoms with van der Waals surface area (Å²) in [6.45, 7) is 4.04. The Hall–Kier alpha value is -2.08. The normalized spacial score (nSPS) is 14.6. The van der Waals surface area contributed by atoms with Crippen molar-refractivity contribution in [3.63, 3.8) is 0 Å². The highest BCUT2D eigenvalue weighted by Gasteiger charge is 2.22. The molecule has 0 atom stereocenters. The molecule has 3 rings (SSSR count). The Kier molecular flexibility index (Phi) is 3.55. The summed E-state index contributed by atoms with van der Waals surface area (Å²) in [7, 11) is 0. The molecule has 1 aliphatic heterocycles. The number of carbonyl (C=O) groups excluding carboxylic acids is 2. The van der Waals surface area contributed by atoms with Crippen molar-refractivity contribution in [2.75, 3.05) is 6.54 Å². The maximum atomic E-state index is 12.6. The van der Waals surface area contributed by atoms with Gasteiger partial charge in [-0.05, 0) is 31.5 Å². The van der Waals surface area contributed by atoms with Crippen LogP contribution in [0, 0.1) is 6.92 Å². The minimum absolute atomic E-state index is 0.0587. The van der Waals surface area contributed by atoms with Gasteiger partial charge in [0.25, 0.3) is 5.91 Å². The van der Waals surface area contributed by atoms with Gasteiger partial charge in [0.15, 0.2) is 0 Å². The second-order valence-corrected chi connectivity index (χ2v) is 6.56. The Morgan fingerprint density at radius 3 is 2.76 bits per heavy atom. The first-order chi connectivity index (χ1) is 10.0. The first-order valence-electron chi connectivity index (χ1n) is 6.89. The molecule has 0 saturated heterocycles. The quantitative estimate of drug-likeness (QED) is 0.922. The summed E-state index contributed by atoms with van der Waals surface area (Å²) < 4.78 is 2.02. The third-order valence-corrected chi connectivity index (χ3v) is 4.68. The minimum atomic E-state index is -0.428. The van der Waals surface area contributed by atoms with Crippen LogP contribution in [0.4, 0.5) is 0 Å². The summed E-state index contributed by atoms with van der Waals surface area (Å²) in [6.07, 6.45) is 2.65. The maximum Gasteiger partial charge on any atom is 0.264 e. The van der Waals surface area contributed by atoms with E-state index in [1.54, 1.807) is 12.3 Å². The molecule has 0 aromatic carbocycles. The molecule has 3 heterocycles. The number of hydrogen-bond donors (Lipinski definition) is 1. The average molecular weight is 303 g/mol. The number of nitrogens with zero attached hydrogens (tertiary/aromatic N) is 2. The third-order valence-electron chi connectivity index (χ3n) is 3.69. The summed E-state index contributed by atoms with van der Waals surface area (Å²) in [5, 5.41) is 0. The van der Waals surface area contributed by atoms with Gasteiger partial charge in [0.2, 0.25) is 5.91 Å². The molecule has 0 saturated carbocycles. The smallest absolute Gasteiger partial charge is 0.264 e. The Balaban J connectivity index is 1.84. The molecule has 0 spiro atoms. The first-order valence-corrected chi connectivity index (χ1v) is 7.71. The van der Waals surface area contributed by atoms with Crippen LogP contribution >= 0.6 is 11.3 Å². The van der Waals surface area contributed by atoms with Gasteiger partial charge in [-0.15, -0.1) is 11.3 Å². The molecule has 5 nitrogen and oxygen atoms in total. The van der Waals surface area contributed by atoms with Crippen molar-refractivity contribution in [3.8, 4) is 0 Å². The number of hydrogen-bond acceptors (Lipinski definition) is 3. The van der Waals surface area contributed by atoms with Gasteiger partial charge in [0.05, 0.1) is 17.0 Å². The summed E-state index contributed by atoms with van der Waals surface area (Å²) >= 11 is 1.52. The molecule has 2 aromatic rings. The molecule has 110 valence electrons. The van der Waals surface area contributed by atoms with Crippen LogP contribution in [0.3, 0.4) is 0 Å². The van der Waals surface area contributed by atoms with Gasteiger partial charge < -0.3 is 15.2 Å². The molecule has 6 heteroatoms. The van der Waals surface area contributed by atoms with Gasteiger partial charge in [-0.2, -0.15) is 0 Å². The van der Waals surface area contributed by atoms with Gasteiger partial charge in [-0.3, -0.25) is 9.59 Å². The lowest BCUT2D eigenvalue weighted by molar-refractivity contribution is 0.0750. The van der Waals surface area contributed by atoms with Crippen molar-refractivity contribution in [2.24, 2.45) is 5.73 Å².